The molecular formula is C10H16ClN3O3S2. The van der Waals surface area contributed by atoms with Gasteiger partial charge in [0.05, 0.1) is 12.6 Å². The highest BCUT2D eigenvalue weighted by atomic mass is 35.5. The van der Waals surface area contributed by atoms with Crippen molar-refractivity contribution in [1.29, 1.82) is 0 Å². The summed E-state index contributed by atoms with van der Waals surface area (Å²) in [6.07, 6.45) is 1.85. The fourth-order valence-corrected chi connectivity index (χ4v) is 3.53. The Morgan fingerprint density at radius 3 is 2.79 bits per heavy atom. The first kappa shape index (κ1) is 16.4. The number of nitrogens with two attached hydrogens (primary N) is 1. The van der Waals surface area contributed by atoms with Crippen molar-refractivity contribution >= 4 is 39.7 Å². The van der Waals surface area contributed by atoms with Crippen LogP contribution in [0.5, 0.6) is 0 Å². The monoisotopic (exact) mass is 325 g/mol. The minimum Gasteiger partial charge on any atom is -0.350 e. The van der Waals surface area contributed by atoms with Crippen molar-refractivity contribution < 1.29 is 13.2 Å². The molecule has 0 spiro atoms. The van der Waals surface area contributed by atoms with Gasteiger partial charge in [-0.1, -0.05) is 0 Å². The standard InChI is InChI=1S/C10H15N3O3S2.ClH/c11-18(15,16)9-4-3-7(17-9)6-13-10(14)8-2-1-5-12-8;/h3-4,8,12H,1-2,5-6H2,(H,13,14)(H2,11,15,16);1H. The van der Waals surface area contributed by atoms with E-state index in [1.807, 2.05) is 0 Å². The summed E-state index contributed by atoms with van der Waals surface area (Å²) in [6.45, 7) is 1.20. The largest absolute Gasteiger partial charge is 0.350 e. The average Bonchev–Trinajstić information content (AvgIpc) is 2.96. The predicted molar refractivity (Wildman–Crippen MR) is 75.8 cm³/mol. The number of hydrogen-bond acceptors (Lipinski definition) is 5. The highest BCUT2D eigenvalue weighted by Gasteiger charge is 2.21. The SMILES string of the molecule is Cl.NS(=O)(=O)c1ccc(CNC(=O)C2CCCN2)s1. The van der Waals surface area contributed by atoms with Crippen molar-refractivity contribution in [3.8, 4) is 0 Å². The summed E-state index contributed by atoms with van der Waals surface area (Å²) in [5.74, 6) is -0.0435. The number of carbonyl (C=O) groups is 1. The van der Waals surface area contributed by atoms with Gasteiger partial charge >= 0.3 is 0 Å². The van der Waals surface area contributed by atoms with Crippen molar-refractivity contribution in [2.75, 3.05) is 6.54 Å². The highest BCUT2D eigenvalue weighted by molar-refractivity contribution is 7.91. The Kier molecular flexibility index (Phi) is 5.75. The van der Waals surface area contributed by atoms with Crippen LogP contribution in [0.15, 0.2) is 16.3 Å². The van der Waals surface area contributed by atoms with E-state index in [9.17, 15) is 13.2 Å². The molecule has 108 valence electrons. The molecule has 19 heavy (non-hydrogen) atoms. The molecule has 0 aromatic carbocycles. The minimum atomic E-state index is -3.64. The van der Waals surface area contributed by atoms with Gasteiger partial charge in [-0.25, -0.2) is 13.6 Å². The third-order valence-corrected chi connectivity index (χ3v) is 5.25. The third kappa shape index (κ3) is 4.43. The molecule has 1 fully saturated rings. The molecule has 2 heterocycles. The van der Waals surface area contributed by atoms with Crippen LogP contribution >= 0.6 is 23.7 Å². The number of sulfonamides is 1. The van der Waals surface area contributed by atoms with Crippen LogP contribution in [0.1, 0.15) is 17.7 Å². The van der Waals surface area contributed by atoms with E-state index in [2.05, 4.69) is 10.6 Å². The van der Waals surface area contributed by atoms with Crippen molar-refractivity contribution in [3.63, 3.8) is 0 Å². The Hall–Kier alpha value is -0.670. The van der Waals surface area contributed by atoms with Crippen LogP contribution < -0.4 is 15.8 Å². The van der Waals surface area contributed by atoms with Crippen molar-refractivity contribution in [2.45, 2.75) is 29.6 Å². The quantitative estimate of drug-likeness (QED) is 0.735. The molecule has 0 saturated carbocycles. The Labute approximate surface area is 122 Å². The van der Waals surface area contributed by atoms with Crippen LogP contribution in [0, 0.1) is 0 Å². The molecule has 1 aromatic heterocycles. The van der Waals surface area contributed by atoms with E-state index in [1.165, 1.54) is 6.07 Å². The maximum atomic E-state index is 11.7. The van der Waals surface area contributed by atoms with Gasteiger partial charge in [0.2, 0.25) is 15.9 Å². The second-order valence-electron chi connectivity index (χ2n) is 4.13. The summed E-state index contributed by atoms with van der Waals surface area (Å²) < 4.78 is 22.3. The normalized spacial score (nSPS) is 18.9. The zero-order valence-corrected chi connectivity index (χ0v) is 12.5. The molecule has 0 radical (unpaired) electrons. The van der Waals surface area contributed by atoms with E-state index in [0.717, 1.165) is 35.6 Å². The highest BCUT2D eigenvalue weighted by Crippen LogP contribution is 2.20. The van der Waals surface area contributed by atoms with E-state index < -0.39 is 10.0 Å². The molecule has 6 nitrogen and oxygen atoms in total. The summed E-state index contributed by atoms with van der Waals surface area (Å²) in [7, 11) is -3.64. The van der Waals surface area contributed by atoms with Crippen LogP contribution in [-0.4, -0.2) is 26.9 Å². The molecular weight excluding hydrogens is 310 g/mol. The van der Waals surface area contributed by atoms with E-state index >= 15 is 0 Å². The van der Waals surface area contributed by atoms with Crippen LogP contribution in [0.25, 0.3) is 0 Å². The van der Waals surface area contributed by atoms with Gasteiger partial charge in [-0.15, -0.1) is 23.7 Å². The summed E-state index contributed by atoms with van der Waals surface area (Å²) in [5, 5.41) is 10.9. The van der Waals surface area contributed by atoms with E-state index in [1.54, 1.807) is 6.07 Å². The van der Waals surface area contributed by atoms with Gasteiger partial charge in [0.15, 0.2) is 0 Å². The molecule has 1 saturated heterocycles. The molecule has 9 heteroatoms. The lowest BCUT2D eigenvalue weighted by Crippen LogP contribution is -2.39. The van der Waals surface area contributed by atoms with Gasteiger partial charge in [-0.2, -0.15) is 0 Å². The molecule has 4 N–H and O–H groups in total. The molecule has 1 atom stereocenters. The number of primary sulfonamides is 1. The van der Waals surface area contributed by atoms with Gasteiger partial charge in [-0.3, -0.25) is 4.79 Å². The van der Waals surface area contributed by atoms with E-state index in [-0.39, 0.29) is 28.6 Å². The molecule has 1 aliphatic rings. The lowest BCUT2D eigenvalue weighted by molar-refractivity contribution is -0.122. The molecule has 1 amide bonds. The van der Waals surface area contributed by atoms with Crippen LogP contribution in [-0.2, 0) is 21.4 Å². The number of nitrogens with one attached hydrogen (secondary N) is 2. The van der Waals surface area contributed by atoms with E-state index in [4.69, 9.17) is 5.14 Å². The molecule has 1 unspecified atom stereocenters. The Morgan fingerprint density at radius 1 is 1.53 bits per heavy atom. The third-order valence-electron chi connectivity index (χ3n) is 2.73. The zero-order chi connectivity index (χ0) is 13.2. The smallest absolute Gasteiger partial charge is 0.247 e. The second kappa shape index (κ2) is 6.67. The van der Waals surface area contributed by atoms with Gasteiger partial charge in [0.25, 0.3) is 0 Å². The number of rotatable bonds is 4. The maximum absolute atomic E-state index is 11.7. The van der Waals surface area contributed by atoms with E-state index in [0.29, 0.717) is 6.54 Å². The second-order valence-corrected chi connectivity index (χ2v) is 7.09. The first-order valence-corrected chi connectivity index (χ1v) is 7.96. The Bertz CT molecular complexity index is 538. The molecule has 1 aromatic rings. The first-order valence-electron chi connectivity index (χ1n) is 5.59. The number of hydrogen-bond donors (Lipinski definition) is 3. The van der Waals surface area contributed by atoms with Crippen molar-refractivity contribution in [2.24, 2.45) is 5.14 Å². The zero-order valence-electron chi connectivity index (χ0n) is 10.1. The number of halogens is 1. The summed E-state index contributed by atoms with van der Waals surface area (Å²) >= 11 is 1.08. The van der Waals surface area contributed by atoms with Crippen LogP contribution in [0.4, 0.5) is 0 Å². The fraction of sp³-hybridized carbons (Fsp3) is 0.500. The predicted octanol–water partition coefficient (Wildman–Crippen LogP) is 0.185. The lowest BCUT2D eigenvalue weighted by Gasteiger charge is -2.09. The number of amides is 1. The summed E-state index contributed by atoms with van der Waals surface area (Å²) in [5.41, 5.74) is 0. The van der Waals surface area contributed by atoms with Gasteiger partial charge in [-0.05, 0) is 31.5 Å². The van der Waals surface area contributed by atoms with Gasteiger partial charge in [0, 0.05) is 4.88 Å². The molecule has 2 rings (SSSR count). The average molecular weight is 326 g/mol. The van der Waals surface area contributed by atoms with Crippen molar-refractivity contribution in [3.05, 3.63) is 17.0 Å². The Morgan fingerprint density at radius 2 is 2.26 bits per heavy atom. The number of thiophene rings is 1. The summed E-state index contributed by atoms with van der Waals surface area (Å²) in [6, 6.07) is 2.99. The minimum absolute atomic E-state index is 0. The Balaban J connectivity index is 0.00000180. The number of carbonyl (C=O) groups excluding carboxylic acids is 1. The maximum Gasteiger partial charge on any atom is 0.247 e. The molecule has 1 aliphatic heterocycles. The molecule has 0 aliphatic carbocycles. The van der Waals surface area contributed by atoms with Gasteiger partial charge in [0.1, 0.15) is 4.21 Å². The summed E-state index contributed by atoms with van der Waals surface area (Å²) in [4.78, 5) is 12.5. The fourth-order valence-electron chi connectivity index (χ4n) is 1.81. The van der Waals surface area contributed by atoms with Crippen LogP contribution in [0.3, 0.4) is 0 Å². The molecule has 0 bridgehead atoms. The first-order chi connectivity index (χ1) is 8.47. The van der Waals surface area contributed by atoms with Gasteiger partial charge < -0.3 is 10.6 Å². The van der Waals surface area contributed by atoms with Crippen LogP contribution in [0.2, 0.25) is 0 Å². The lowest BCUT2D eigenvalue weighted by atomic mass is 10.2. The van der Waals surface area contributed by atoms with Crippen molar-refractivity contribution in [1.82, 2.24) is 10.6 Å². The topological polar surface area (TPSA) is 101 Å².